The molecule has 4 rings (SSSR count). The van der Waals surface area contributed by atoms with Crippen LogP contribution in [0.4, 0.5) is 10.5 Å². The molecule has 3 aromatic rings. The maximum Gasteiger partial charge on any atom is 0.325 e. The van der Waals surface area contributed by atoms with E-state index in [9.17, 15) is 19.7 Å². The first-order valence-corrected chi connectivity index (χ1v) is 10.1. The monoisotopic (exact) mass is 442 g/mol. The summed E-state index contributed by atoms with van der Waals surface area (Å²) in [5.41, 5.74) is 0.550. The number of amides is 3. The van der Waals surface area contributed by atoms with E-state index >= 15 is 0 Å². The van der Waals surface area contributed by atoms with Crippen molar-refractivity contribution < 1.29 is 14.5 Å². The van der Waals surface area contributed by atoms with Gasteiger partial charge in [-0.15, -0.1) is 11.3 Å². The van der Waals surface area contributed by atoms with Crippen molar-refractivity contribution in [1.82, 2.24) is 15.2 Å². The number of nitrogens with zero attached hydrogens (tertiary/aromatic N) is 3. The maximum absolute atomic E-state index is 13.0. The zero-order valence-corrected chi connectivity index (χ0v) is 17.2. The van der Waals surface area contributed by atoms with Crippen LogP contribution in [0.3, 0.4) is 0 Å². The molecule has 1 saturated heterocycles. The molecule has 3 amide bonds. The van der Waals surface area contributed by atoms with Gasteiger partial charge in [0, 0.05) is 28.1 Å². The number of halogens is 1. The Labute approximate surface area is 180 Å². The van der Waals surface area contributed by atoms with Gasteiger partial charge in [-0.1, -0.05) is 23.7 Å². The zero-order chi connectivity index (χ0) is 21.5. The Morgan fingerprint density at radius 2 is 1.83 bits per heavy atom. The Morgan fingerprint density at radius 1 is 1.17 bits per heavy atom. The first-order chi connectivity index (χ1) is 14.3. The Balaban J connectivity index is 1.54. The molecule has 0 bridgehead atoms. The Hall–Kier alpha value is -3.30. The minimum atomic E-state index is -1.30. The van der Waals surface area contributed by atoms with Gasteiger partial charge in [0.15, 0.2) is 0 Å². The Morgan fingerprint density at radius 3 is 2.47 bits per heavy atom. The smallest absolute Gasteiger partial charge is 0.319 e. The molecule has 152 valence electrons. The van der Waals surface area contributed by atoms with Crippen molar-refractivity contribution in [2.45, 2.75) is 19.0 Å². The van der Waals surface area contributed by atoms with E-state index in [1.807, 2.05) is 12.1 Å². The summed E-state index contributed by atoms with van der Waals surface area (Å²) in [6.45, 7) is 1.60. The first-order valence-electron chi connectivity index (χ1n) is 8.87. The van der Waals surface area contributed by atoms with Gasteiger partial charge < -0.3 is 5.32 Å². The Kier molecular flexibility index (Phi) is 5.00. The van der Waals surface area contributed by atoms with Gasteiger partial charge in [0.25, 0.3) is 11.6 Å². The summed E-state index contributed by atoms with van der Waals surface area (Å²) in [6.07, 6.45) is 0. The number of non-ortho nitro benzene ring substituents is 1. The van der Waals surface area contributed by atoms with E-state index in [-0.39, 0.29) is 12.2 Å². The average molecular weight is 443 g/mol. The summed E-state index contributed by atoms with van der Waals surface area (Å²) in [7, 11) is 0. The summed E-state index contributed by atoms with van der Waals surface area (Å²) in [5, 5.41) is 16.7. The van der Waals surface area contributed by atoms with Crippen molar-refractivity contribution in [1.29, 1.82) is 0 Å². The van der Waals surface area contributed by atoms with Crippen LogP contribution in [0.25, 0.3) is 10.6 Å². The molecule has 8 nitrogen and oxygen atoms in total. The van der Waals surface area contributed by atoms with Gasteiger partial charge in [-0.2, -0.15) is 0 Å². The largest absolute Gasteiger partial charge is 0.325 e. The number of carbonyl (C=O) groups excluding carboxylic acids is 2. The number of rotatable bonds is 5. The lowest BCUT2D eigenvalue weighted by atomic mass is 9.92. The lowest BCUT2D eigenvalue weighted by molar-refractivity contribution is -0.384. The summed E-state index contributed by atoms with van der Waals surface area (Å²) < 4.78 is 0. The standard InChI is InChI=1S/C20H15ClN4O4S/c1-20(13-4-8-16(9-5-13)25(28)29)18(26)24(19(27)23-20)10-15-11-30-17(22-15)12-2-6-14(21)7-3-12/h2-9,11H,10H2,1H3,(H,23,27). The SMILES string of the molecule is CC1(c2ccc([N+](=O)[O-])cc2)NC(=O)N(Cc2csc(-c3ccc(Cl)cc3)n2)C1=O. The number of hydrogen-bond donors (Lipinski definition) is 1. The fourth-order valence-corrected chi connectivity index (χ4v) is 4.16. The third-order valence-corrected chi connectivity index (χ3v) is 6.09. The third-order valence-electron chi connectivity index (χ3n) is 4.89. The molecule has 1 aliphatic rings. The molecule has 2 heterocycles. The van der Waals surface area contributed by atoms with Crippen LogP contribution in [-0.2, 0) is 16.9 Å². The summed E-state index contributed by atoms with van der Waals surface area (Å²) in [6, 6.07) is 12.3. The maximum atomic E-state index is 13.0. The van der Waals surface area contributed by atoms with Gasteiger partial charge in [-0.25, -0.2) is 9.78 Å². The molecule has 1 aromatic heterocycles. The molecule has 2 aromatic carbocycles. The summed E-state index contributed by atoms with van der Waals surface area (Å²) >= 11 is 7.32. The number of nitro benzene ring substituents is 1. The molecule has 0 spiro atoms. The first kappa shape index (κ1) is 20.0. The van der Waals surface area contributed by atoms with E-state index < -0.39 is 22.4 Å². The van der Waals surface area contributed by atoms with Crippen LogP contribution >= 0.6 is 22.9 Å². The van der Waals surface area contributed by atoms with Crippen LogP contribution in [-0.4, -0.2) is 26.7 Å². The number of carbonyl (C=O) groups is 2. The highest BCUT2D eigenvalue weighted by atomic mass is 35.5. The summed E-state index contributed by atoms with van der Waals surface area (Å²) in [4.78, 5) is 41.5. The van der Waals surface area contributed by atoms with Crippen LogP contribution in [0, 0.1) is 10.1 Å². The molecule has 1 aliphatic heterocycles. The van der Waals surface area contributed by atoms with Crippen molar-refractivity contribution in [3.05, 3.63) is 80.3 Å². The van der Waals surface area contributed by atoms with Crippen molar-refractivity contribution >= 4 is 40.6 Å². The van der Waals surface area contributed by atoms with Crippen molar-refractivity contribution in [3.8, 4) is 10.6 Å². The van der Waals surface area contributed by atoms with Crippen molar-refractivity contribution in [2.75, 3.05) is 0 Å². The molecule has 0 aliphatic carbocycles. The van der Waals surface area contributed by atoms with E-state index in [1.54, 1.807) is 24.4 Å². The van der Waals surface area contributed by atoms with Gasteiger partial charge in [0.05, 0.1) is 17.2 Å². The fraction of sp³-hybridized carbons (Fsp3) is 0.150. The molecule has 30 heavy (non-hydrogen) atoms. The third kappa shape index (κ3) is 3.53. The molecule has 1 atom stereocenters. The molecular weight excluding hydrogens is 428 g/mol. The second kappa shape index (κ2) is 7.51. The average Bonchev–Trinajstić information content (AvgIpc) is 3.28. The summed E-state index contributed by atoms with van der Waals surface area (Å²) in [5.74, 6) is -0.442. The zero-order valence-electron chi connectivity index (χ0n) is 15.7. The van der Waals surface area contributed by atoms with Gasteiger partial charge in [-0.3, -0.25) is 19.8 Å². The fourth-order valence-electron chi connectivity index (χ4n) is 3.22. The lowest BCUT2D eigenvalue weighted by Gasteiger charge is -2.21. The number of nitro groups is 1. The minimum absolute atomic E-state index is 0.0251. The van der Waals surface area contributed by atoms with Crippen LogP contribution in [0.2, 0.25) is 5.02 Å². The van der Waals surface area contributed by atoms with Crippen LogP contribution in [0.5, 0.6) is 0 Å². The topological polar surface area (TPSA) is 105 Å². The highest BCUT2D eigenvalue weighted by molar-refractivity contribution is 7.13. The van der Waals surface area contributed by atoms with Crippen LogP contribution < -0.4 is 5.32 Å². The number of imide groups is 1. The highest BCUT2D eigenvalue weighted by Gasteiger charge is 2.49. The van der Waals surface area contributed by atoms with E-state index in [2.05, 4.69) is 10.3 Å². The number of hydrogen-bond acceptors (Lipinski definition) is 6. The highest BCUT2D eigenvalue weighted by Crippen LogP contribution is 2.32. The van der Waals surface area contributed by atoms with Crippen molar-refractivity contribution in [3.63, 3.8) is 0 Å². The Bertz CT molecular complexity index is 1150. The normalized spacial score (nSPS) is 18.5. The lowest BCUT2D eigenvalue weighted by Crippen LogP contribution is -2.40. The molecule has 1 N–H and O–H groups in total. The van der Waals surface area contributed by atoms with Gasteiger partial charge >= 0.3 is 6.03 Å². The number of urea groups is 1. The number of aromatic nitrogens is 1. The van der Waals surface area contributed by atoms with Crippen molar-refractivity contribution in [2.24, 2.45) is 0 Å². The van der Waals surface area contributed by atoms with E-state index in [1.165, 1.54) is 35.6 Å². The second-order valence-corrected chi connectivity index (χ2v) is 8.20. The van der Waals surface area contributed by atoms with E-state index in [0.717, 1.165) is 15.5 Å². The number of nitrogens with one attached hydrogen (secondary N) is 1. The quantitative estimate of drug-likeness (QED) is 0.359. The second-order valence-electron chi connectivity index (χ2n) is 6.90. The number of thiazole rings is 1. The van der Waals surface area contributed by atoms with E-state index in [0.29, 0.717) is 16.3 Å². The minimum Gasteiger partial charge on any atom is -0.319 e. The predicted octanol–water partition coefficient (Wildman–Crippen LogP) is 4.34. The van der Waals surface area contributed by atoms with Gasteiger partial charge in [0.2, 0.25) is 0 Å². The number of benzene rings is 2. The van der Waals surface area contributed by atoms with Gasteiger partial charge in [-0.05, 0) is 36.8 Å². The molecule has 0 saturated carbocycles. The van der Waals surface area contributed by atoms with Crippen LogP contribution in [0.15, 0.2) is 53.9 Å². The molecule has 0 radical (unpaired) electrons. The molecule has 1 fully saturated rings. The van der Waals surface area contributed by atoms with Crippen LogP contribution in [0.1, 0.15) is 18.2 Å². The van der Waals surface area contributed by atoms with E-state index in [4.69, 9.17) is 11.6 Å². The van der Waals surface area contributed by atoms with Gasteiger partial charge in [0.1, 0.15) is 10.5 Å². The molecule has 10 heteroatoms. The predicted molar refractivity (Wildman–Crippen MR) is 112 cm³/mol. The molecule has 1 unspecified atom stereocenters. The molecular formula is C20H15ClN4O4S.